The van der Waals surface area contributed by atoms with E-state index in [1.165, 1.54) is 5.69 Å². The van der Waals surface area contributed by atoms with E-state index in [1.54, 1.807) is 11.8 Å². The maximum Gasteiger partial charge on any atom is 0.227 e. The standard InChI is InChI=1S/C25H28N3O/c1-4-26(5-2)23-11-13-24(14-12-23)27-18-15-22(16-19-27)17-20-28(21(3)29)25-9-7-6-8-10-25/h6-20H,4-5H2,1-3H3/q+1. The molecular formula is C25H28N3O+. The third-order valence-corrected chi connectivity index (χ3v) is 4.92. The monoisotopic (exact) mass is 386 g/mol. The van der Waals surface area contributed by atoms with Crippen molar-refractivity contribution in [3.8, 4) is 5.69 Å². The van der Waals surface area contributed by atoms with Crippen molar-refractivity contribution in [3.05, 3.63) is 90.9 Å². The van der Waals surface area contributed by atoms with Gasteiger partial charge in [-0.2, -0.15) is 4.57 Å². The topological polar surface area (TPSA) is 27.4 Å². The molecule has 29 heavy (non-hydrogen) atoms. The number of benzene rings is 2. The lowest BCUT2D eigenvalue weighted by Gasteiger charge is -2.20. The highest BCUT2D eigenvalue weighted by atomic mass is 16.2. The Labute approximate surface area is 173 Å². The molecule has 4 nitrogen and oxygen atoms in total. The molecule has 0 saturated carbocycles. The molecule has 0 fully saturated rings. The lowest BCUT2D eigenvalue weighted by atomic mass is 10.2. The van der Waals surface area contributed by atoms with Gasteiger partial charge in [0.25, 0.3) is 0 Å². The van der Waals surface area contributed by atoms with Gasteiger partial charge >= 0.3 is 0 Å². The first kappa shape index (κ1) is 20.3. The summed E-state index contributed by atoms with van der Waals surface area (Å²) in [4.78, 5) is 16.0. The summed E-state index contributed by atoms with van der Waals surface area (Å²) < 4.78 is 2.09. The van der Waals surface area contributed by atoms with Crippen LogP contribution in [0.1, 0.15) is 26.3 Å². The Morgan fingerprint density at radius 3 is 2.03 bits per heavy atom. The first-order chi connectivity index (χ1) is 14.1. The molecular weight excluding hydrogens is 358 g/mol. The van der Waals surface area contributed by atoms with Gasteiger partial charge in [0, 0.05) is 61.9 Å². The van der Waals surface area contributed by atoms with Crippen LogP contribution in [0.25, 0.3) is 11.8 Å². The Balaban J connectivity index is 1.74. The molecule has 0 aliphatic heterocycles. The van der Waals surface area contributed by atoms with E-state index in [-0.39, 0.29) is 5.91 Å². The number of carbonyl (C=O) groups excluding carboxylic acids is 1. The molecule has 0 unspecified atom stereocenters. The maximum absolute atomic E-state index is 12.0. The van der Waals surface area contributed by atoms with Crippen molar-refractivity contribution in [2.45, 2.75) is 20.8 Å². The van der Waals surface area contributed by atoms with Gasteiger partial charge in [-0.15, -0.1) is 0 Å². The van der Waals surface area contributed by atoms with Gasteiger partial charge in [-0.25, -0.2) is 0 Å². The van der Waals surface area contributed by atoms with Crippen LogP contribution >= 0.6 is 0 Å². The molecule has 0 radical (unpaired) electrons. The smallest absolute Gasteiger partial charge is 0.227 e. The van der Waals surface area contributed by atoms with Crippen molar-refractivity contribution in [1.82, 2.24) is 0 Å². The zero-order valence-corrected chi connectivity index (χ0v) is 17.3. The van der Waals surface area contributed by atoms with E-state index < -0.39 is 0 Å². The number of nitrogens with zero attached hydrogens (tertiary/aromatic N) is 3. The molecule has 0 aliphatic rings. The quantitative estimate of drug-likeness (QED) is 0.544. The molecule has 2 aromatic carbocycles. The fourth-order valence-corrected chi connectivity index (χ4v) is 3.27. The molecule has 0 aliphatic carbocycles. The number of amides is 1. The van der Waals surface area contributed by atoms with Gasteiger partial charge in [0.05, 0.1) is 0 Å². The van der Waals surface area contributed by atoms with E-state index in [2.05, 4.69) is 47.6 Å². The van der Waals surface area contributed by atoms with Crippen LogP contribution in [0.2, 0.25) is 0 Å². The molecule has 0 bridgehead atoms. The minimum Gasteiger partial charge on any atom is -0.372 e. The number of carbonyl (C=O) groups is 1. The second kappa shape index (κ2) is 9.69. The number of aromatic nitrogens is 1. The van der Waals surface area contributed by atoms with Crippen molar-refractivity contribution in [2.75, 3.05) is 22.9 Å². The van der Waals surface area contributed by atoms with E-state index in [0.717, 1.165) is 30.0 Å². The summed E-state index contributed by atoms with van der Waals surface area (Å²) in [5, 5.41) is 0. The second-order valence-electron chi connectivity index (χ2n) is 6.77. The second-order valence-corrected chi connectivity index (χ2v) is 6.77. The number of rotatable bonds is 7. The van der Waals surface area contributed by atoms with Gasteiger partial charge in [-0.1, -0.05) is 18.2 Å². The Kier molecular flexibility index (Phi) is 6.80. The summed E-state index contributed by atoms with van der Waals surface area (Å²) in [5.41, 5.74) is 4.24. The predicted octanol–water partition coefficient (Wildman–Crippen LogP) is 4.83. The normalized spacial score (nSPS) is 10.9. The number of anilines is 2. The van der Waals surface area contributed by atoms with E-state index in [0.29, 0.717) is 0 Å². The molecule has 1 heterocycles. The van der Waals surface area contributed by atoms with Crippen LogP contribution in [0.3, 0.4) is 0 Å². The zero-order chi connectivity index (χ0) is 20.6. The first-order valence-electron chi connectivity index (χ1n) is 10.0. The summed E-state index contributed by atoms with van der Waals surface area (Å²) in [6.07, 6.45) is 7.83. The molecule has 0 N–H and O–H groups in total. The average molecular weight is 387 g/mol. The van der Waals surface area contributed by atoms with Gasteiger partial charge in [-0.3, -0.25) is 9.69 Å². The highest BCUT2D eigenvalue weighted by Crippen LogP contribution is 2.16. The first-order valence-corrected chi connectivity index (χ1v) is 10.0. The van der Waals surface area contributed by atoms with Gasteiger partial charge in [-0.05, 0) is 49.8 Å². The predicted molar refractivity (Wildman–Crippen MR) is 120 cm³/mol. The molecule has 4 heteroatoms. The van der Waals surface area contributed by atoms with E-state index in [1.807, 2.05) is 67.1 Å². The SMILES string of the molecule is CCN(CC)c1ccc(-[n+]2ccc(C=CN(C(C)=O)c3ccccc3)cc2)cc1. The summed E-state index contributed by atoms with van der Waals surface area (Å²) in [7, 11) is 0. The third-order valence-electron chi connectivity index (χ3n) is 4.92. The molecule has 0 saturated heterocycles. The Bertz CT molecular complexity index is 944. The van der Waals surface area contributed by atoms with Crippen molar-refractivity contribution < 1.29 is 9.36 Å². The average Bonchev–Trinajstić information content (AvgIpc) is 2.76. The lowest BCUT2D eigenvalue weighted by Crippen LogP contribution is -2.29. The van der Waals surface area contributed by atoms with Crippen LogP contribution < -0.4 is 14.4 Å². The summed E-state index contributed by atoms with van der Waals surface area (Å²) in [5.74, 6) is -0.0215. The van der Waals surface area contributed by atoms with Crippen molar-refractivity contribution in [3.63, 3.8) is 0 Å². The van der Waals surface area contributed by atoms with Gasteiger partial charge in [0.15, 0.2) is 12.4 Å². The van der Waals surface area contributed by atoms with Crippen LogP contribution in [0.15, 0.2) is 85.3 Å². The lowest BCUT2D eigenvalue weighted by molar-refractivity contribution is -0.595. The highest BCUT2D eigenvalue weighted by Gasteiger charge is 2.09. The number of pyridine rings is 1. The fourth-order valence-electron chi connectivity index (χ4n) is 3.27. The molecule has 148 valence electrons. The van der Waals surface area contributed by atoms with Crippen LogP contribution in [0, 0.1) is 0 Å². The van der Waals surface area contributed by atoms with E-state index in [4.69, 9.17) is 0 Å². The number of para-hydroxylation sites is 1. The molecule has 3 aromatic rings. The van der Waals surface area contributed by atoms with Crippen molar-refractivity contribution >= 4 is 23.4 Å². The van der Waals surface area contributed by atoms with Crippen LogP contribution in [-0.2, 0) is 4.79 Å². The van der Waals surface area contributed by atoms with Crippen LogP contribution in [0.4, 0.5) is 11.4 Å². The fraction of sp³-hybridized carbons (Fsp3) is 0.200. The minimum absolute atomic E-state index is 0.0215. The molecule has 1 amide bonds. The minimum atomic E-state index is -0.0215. The van der Waals surface area contributed by atoms with Crippen LogP contribution in [-0.4, -0.2) is 19.0 Å². The Morgan fingerprint density at radius 2 is 1.48 bits per heavy atom. The molecule has 1 aromatic heterocycles. The van der Waals surface area contributed by atoms with Gasteiger partial charge in [0.2, 0.25) is 11.6 Å². The number of hydrogen-bond donors (Lipinski definition) is 0. The molecule has 0 spiro atoms. The molecule has 3 rings (SSSR count). The van der Waals surface area contributed by atoms with Gasteiger partial charge < -0.3 is 4.90 Å². The summed E-state index contributed by atoms with van der Waals surface area (Å²) in [6.45, 7) is 7.92. The molecule has 0 atom stereocenters. The Morgan fingerprint density at radius 1 is 0.862 bits per heavy atom. The largest absolute Gasteiger partial charge is 0.372 e. The number of hydrogen-bond acceptors (Lipinski definition) is 2. The van der Waals surface area contributed by atoms with Crippen molar-refractivity contribution in [2.24, 2.45) is 0 Å². The zero-order valence-electron chi connectivity index (χ0n) is 17.3. The highest BCUT2D eigenvalue weighted by molar-refractivity contribution is 5.94. The maximum atomic E-state index is 12.0. The van der Waals surface area contributed by atoms with Crippen molar-refractivity contribution in [1.29, 1.82) is 0 Å². The van der Waals surface area contributed by atoms with Gasteiger partial charge in [0.1, 0.15) is 0 Å². The summed E-state index contributed by atoms with van der Waals surface area (Å²) in [6, 6.07) is 22.3. The van der Waals surface area contributed by atoms with E-state index in [9.17, 15) is 4.79 Å². The van der Waals surface area contributed by atoms with E-state index >= 15 is 0 Å². The Hall–Kier alpha value is -3.40. The van der Waals surface area contributed by atoms with Crippen LogP contribution in [0.5, 0.6) is 0 Å². The third kappa shape index (κ3) is 5.11. The summed E-state index contributed by atoms with van der Waals surface area (Å²) >= 11 is 0.